The summed E-state index contributed by atoms with van der Waals surface area (Å²) in [5.74, 6) is 0.320. The Bertz CT molecular complexity index is 1140. The van der Waals surface area contributed by atoms with E-state index in [-0.39, 0.29) is 42.2 Å². The van der Waals surface area contributed by atoms with Crippen molar-refractivity contribution in [3.8, 4) is 0 Å². The third kappa shape index (κ3) is 4.68. The summed E-state index contributed by atoms with van der Waals surface area (Å²) in [7, 11) is 0.930. The second kappa shape index (κ2) is 9.83. The molecule has 1 aliphatic carbocycles. The number of carbonyl (C=O) groups excluding carboxylic acids is 2. The number of ether oxygens (including phenoxy) is 1. The number of aliphatic imine (C=N–C) groups is 1. The van der Waals surface area contributed by atoms with Crippen LogP contribution in [0.3, 0.4) is 0 Å². The number of methoxy groups -OCH3 is 1. The molecule has 4 aliphatic rings. The topological polar surface area (TPSA) is 89.5 Å². The number of piperidine rings is 1. The molecule has 1 saturated carbocycles. The lowest BCUT2D eigenvalue weighted by atomic mass is 9.78. The summed E-state index contributed by atoms with van der Waals surface area (Å²) < 4.78 is 17.2. The smallest absolute Gasteiger partial charge is 0.453 e. The number of hydrogen-bond donors (Lipinski definition) is 1. The van der Waals surface area contributed by atoms with Crippen molar-refractivity contribution in [2.45, 2.75) is 96.6 Å². The van der Waals surface area contributed by atoms with Crippen molar-refractivity contribution in [1.82, 2.24) is 10.2 Å². The molecule has 3 fully saturated rings. The van der Waals surface area contributed by atoms with Crippen LogP contribution in [0, 0.1) is 11.8 Å². The van der Waals surface area contributed by atoms with Gasteiger partial charge in [0.2, 0.25) is 5.91 Å². The van der Waals surface area contributed by atoms with Crippen LogP contribution >= 0.6 is 0 Å². The summed E-state index contributed by atoms with van der Waals surface area (Å²) in [6, 6.07) is 7.88. The zero-order chi connectivity index (χ0) is 27.4. The summed E-state index contributed by atoms with van der Waals surface area (Å²) in [4.78, 5) is 32.6. The van der Waals surface area contributed by atoms with Gasteiger partial charge in [0, 0.05) is 24.4 Å². The molecule has 204 valence electrons. The third-order valence-corrected chi connectivity index (χ3v) is 9.14. The first-order valence-electron chi connectivity index (χ1n) is 13.8. The Morgan fingerprint density at radius 1 is 1.11 bits per heavy atom. The van der Waals surface area contributed by atoms with Gasteiger partial charge in [-0.3, -0.25) is 9.79 Å². The lowest BCUT2D eigenvalue weighted by molar-refractivity contribution is -0.137. The number of carbonyl (C=O) groups is 2. The number of amides is 2. The van der Waals surface area contributed by atoms with Crippen LogP contribution in [-0.4, -0.2) is 66.2 Å². The van der Waals surface area contributed by atoms with Gasteiger partial charge < -0.3 is 24.3 Å². The average molecular weight is 521 g/mol. The van der Waals surface area contributed by atoms with Crippen molar-refractivity contribution >= 4 is 35.9 Å². The molecule has 1 aromatic carbocycles. The minimum absolute atomic E-state index is 0.0280. The predicted octanol–water partition coefficient (Wildman–Crippen LogP) is 3.93. The molecule has 0 spiro atoms. The number of allylic oxidation sites excluding steroid dienone is 1. The van der Waals surface area contributed by atoms with E-state index in [2.05, 4.69) is 57.3 Å². The van der Waals surface area contributed by atoms with Crippen LogP contribution in [0.1, 0.15) is 72.8 Å². The molecule has 5 rings (SSSR count). The van der Waals surface area contributed by atoms with Crippen LogP contribution in [0.4, 0.5) is 4.79 Å². The van der Waals surface area contributed by atoms with E-state index >= 15 is 0 Å². The molecule has 0 radical (unpaired) electrons. The zero-order valence-corrected chi connectivity index (χ0v) is 23.6. The summed E-state index contributed by atoms with van der Waals surface area (Å²) in [6.07, 6.45) is 5.18. The molecule has 4 atom stereocenters. The largest absolute Gasteiger partial charge is 0.494 e. The Kier molecular flexibility index (Phi) is 6.97. The highest BCUT2D eigenvalue weighted by Gasteiger charge is 2.53. The van der Waals surface area contributed by atoms with Gasteiger partial charge in [0.05, 0.1) is 24.4 Å². The number of alkyl carbamates (subject to hydrolysis) is 1. The number of hydrogen-bond acceptors (Lipinski definition) is 6. The first-order chi connectivity index (χ1) is 17.9. The van der Waals surface area contributed by atoms with Crippen molar-refractivity contribution in [3.05, 3.63) is 36.0 Å². The van der Waals surface area contributed by atoms with Crippen molar-refractivity contribution in [2.24, 2.45) is 16.8 Å². The van der Waals surface area contributed by atoms with Gasteiger partial charge in [-0.05, 0) is 75.4 Å². The van der Waals surface area contributed by atoms with E-state index in [0.717, 1.165) is 41.6 Å². The Morgan fingerprint density at radius 2 is 1.76 bits per heavy atom. The van der Waals surface area contributed by atoms with Gasteiger partial charge in [-0.25, -0.2) is 4.79 Å². The molecule has 8 nitrogen and oxygen atoms in total. The molecule has 3 aliphatic heterocycles. The van der Waals surface area contributed by atoms with Crippen LogP contribution in [0.15, 0.2) is 35.5 Å². The molecule has 0 aromatic heterocycles. The lowest BCUT2D eigenvalue weighted by Crippen LogP contribution is -2.57. The van der Waals surface area contributed by atoms with Gasteiger partial charge in [0.15, 0.2) is 0 Å². The molecule has 3 heterocycles. The molecule has 2 saturated heterocycles. The highest BCUT2D eigenvalue weighted by Crippen LogP contribution is 2.45. The SMILES string of the molecule is COC(=O)N[C@H](C(=O)N1C2CCC(C2)C1C1=NC=C(c2ccc(B3OC(C)(C)C(C)(C)O3)cc2)C1)C(C)C. The second-order valence-electron chi connectivity index (χ2n) is 12.4. The monoisotopic (exact) mass is 521 g/mol. The summed E-state index contributed by atoms with van der Waals surface area (Å²) >= 11 is 0. The number of nitrogens with zero attached hydrogens (tertiary/aromatic N) is 2. The van der Waals surface area contributed by atoms with E-state index in [1.54, 1.807) is 0 Å². The second-order valence-corrected chi connectivity index (χ2v) is 12.4. The maximum Gasteiger partial charge on any atom is 0.494 e. The highest BCUT2D eigenvalue weighted by molar-refractivity contribution is 6.62. The van der Waals surface area contributed by atoms with E-state index in [9.17, 15) is 9.59 Å². The molecular weight excluding hydrogens is 481 g/mol. The third-order valence-electron chi connectivity index (χ3n) is 9.14. The van der Waals surface area contributed by atoms with E-state index < -0.39 is 12.1 Å². The summed E-state index contributed by atoms with van der Waals surface area (Å²) in [5, 5.41) is 2.76. The van der Waals surface area contributed by atoms with E-state index in [0.29, 0.717) is 12.3 Å². The fourth-order valence-corrected chi connectivity index (χ4v) is 6.23. The maximum absolute atomic E-state index is 13.8. The normalized spacial score (nSPS) is 27.9. The number of likely N-dealkylation sites (tertiary alicyclic amines) is 1. The molecular formula is C29H40BN3O5. The summed E-state index contributed by atoms with van der Waals surface area (Å²) in [6.45, 7) is 12.1. The van der Waals surface area contributed by atoms with E-state index in [1.807, 2.05) is 24.9 Å². The van der Waals surface area contributed by atoms with Crippen LogP contribution in [0.2, 0.25) is 0 Å². The lowest BCUT2D eigenvalue weighted by Gasteiger charge is -2.38. The number of nitrogens with one attached hydrogen (secondary N) is 1. The van der Waals surface area contributed by atoms with Gasteiger partial charge in [0.25, 0.3) is 0 Å². The quantitative estimate of drug-likeness (QED) is 0.573. The standard InChI is InChI=1S/C29H40BN3O5/c1-17(2)24(32-27(35)36-7)26(34)33-22-13-10-19(14-22)25(33)23-15-20(16-31-23)18-8-11-21(12-9-18)30-37-28(3,4)29(5,6)38-30/h8-9,11-12,16-17,19,22,24-25H,10,13-15H2,1-7H3,(H,32,35)/t19?,22?,24-,25?/m0/s1. The maximum atomic E-state index is 13.8. The van der Waals surface area contributed by atoms with Crippen molar-refractivity contribution in [3.63, 3.8) is 0 Å². The van der Waals surface area contributed by atoms with Crippen LogP contribution in [0.25, 0.3) is 5.57 Å². The molecule has 2 bridgehead atoms. The summed E-state index contributed by atoms with van der Waals surface area (Å²) in [5.41, 5.74) is 3.53. The fraction of sp³-hybridized carbons (Fsp3) is 0.621. The fourth-order valence-electron chi connectivity index (χ4n) is 6.23. The minimum Gasteiger partial charge on any atom is -0.453 e. The Labute approximate surface area is 226 Å². The molecule has 9 heteroatoms. The molecule has 3 unspecified atom stereocenters. The Hall–Kier alpha value is -2.65. The van der Waals surface area contributed by atoms with E-state index in [4.69, 9.17) is 19.0 Å². The predicted molar refractivity (Wildman–Crippen MR) is 148 cm³/mol. The molecule has 1 N–H and O–H groups in total. The highest BCUT2D eigenvalue weighted by atomic mass is 16.7. The Balaban J connectivity index is 1.28. The van der Waals surface area contributed by atoms with Crippen LogP contribution < -0.4 is 10.8 Å². The van der Waals surface area contributed by atoms with Gasteiger partial charge >= 0.3 is 13.2 Å². The number of rotatable bonds is 6. The van der Waals surface area contributed by atoms with Gasteiger partial charge in [-0.15, -0.1) is 0 Å². The van der Waals surface area contributed by atoms with E-state index in [1.165, 1.54) is 7.11 Å². The zero-order valence-electron chi connectivity index (χ0n) is 23.6. The van der Waals surface area contributed by atoms with Crippen LogP contribution in [-0.2, 0) is 18.8 Å². The number of benzene rings is 1. The van der Waals surface area contributed by atoms with Gasteiger partial charge in [-0.2, -0.15) is 0 Å². The van der Waals surface area contributed by atoms with Crippen molar-refractivity contribution in [2.75, 3.05) is 7.11 Å². The number of fused-ring (bicyclic) bond motifs is 2. The van der Waals surface area contributed by atoms with Crippen molar-refractivity contribution < 1.29 is 23.6 Å². The van der Waals surface area contributed by atoms with Gasteiger partial charge in [0.1, 0.15) is 6.04 Å². The molecule has 1 aromatic rings. The molecule has 38 heavy (non-hydrogen) atoms. The van der Waals surface area contributed by atoms with Gasteiger partial charge in [-0.1, -0.05) is 38.1 Å². The Morgan fingerprint density at radius 3 is 2.37 bits per heavy atom. The molecule has 2 amide bonds. The first-order valence-corrected chi connectivity index (χ1v) is 13.8. The first kappa shape index (κ1) is 26.9. The van der Waals surface area contributed by atoms with Crippen molar-refractivity contribution in [1.29, 1.82) is 0 Å². The van der Waals surface area contributed by atoms with Crippen LogP contribution in [0.5, 0.6) is 0 Å². The average Bonchev–Trinajstić information content (AvgIpc) is 3.65. The minimum atomic E-state index is -0.624.